The third-order valence-corrected chi connectivity index (χ3v) is 7.33. The molecule has 3 aromatic rings. The number of carbonyl (C=O) groups excluding carboxylic acids is 2. The number of benzene rings is 2. The number of nitrogens with one attached hydrogen (secondary N) is 1. The van der Waals surface area contributed by atoms with Gasteiger partial charge in [-0.05, 0) is 68.1 Å². The van der Waals surface area contributed by atoms with Crippen molar-refractivity contribution in [3.63, 3.8) is 0 Å². The quantitative estimate of drug-likeness (QED) is 0.417. The Labute approximate surface area is 199 Å². The van der Waals surface area contributed by atoms with Gasteiger partial charge in [-0.3, -0.25) is 9.59 Å². The van der Waals surface area contributed by atoms with Crippen molar-refractivity contribution in [1.82, 2.24) is 0 Å². The van der Waals surface area contributed by atoms with Crippen LogP contribution in [0.25, 0.3) is 0 Å². The maximum atomic E-state index is 13.3. The van der Waals surface area contributed by atoms with Crippen LogP contribution in [0.15, 0.2) is 42.5 Å². The minimum atomic E-state index is -0.291. The van der Waals surface area contributed by atoms with E-state index in [2.05, 4.69) is 5.32 Å². The lowest BCUT2D eigenvalue weighted by Crippen LogP contribution is -2.31. The van der Waals surface area contributed by atoms with E-state index in [4.69, 9.17) is 34.8 Å². The summed E-state index contributed by atoms with van der Waals surface area (Å²) in [6.07, 6.45) is 2.84. The Hall–Kier alpha value is -2.05. The normalized spacial score (nSPS) is 13.5. The van der Waals surface area contributed by atoms with Crippen molar-refractivity contribution in [2.24, 2.45) is 0 Å². The second-order valence-corrected chi connectivity index (χ2v) is 9.92. The molecule has 4 nitrogen and oxygen atoms in total. The number of amides is 2. The molecule has 1 N–H and O–H groups in total. The SMILES string of the molecule is Cc1c(Cl)cccc1C(=O)Nc1ccc(C(=O)N2CCCCc3sc(Cl)cc32)c(Cl)c1. The molecule has 0 saturated carbocycles. The van der Waals surface area contributed by atoms with Crippen molar-refractivity contribution >= 4 is 69.3 Å². The minimum absolute atomic E-state index is 0.175. The first-order valence-corrected chi connectivity index (χ1v) is 11.8. The Morgan fingerprint density at radius 2 is 1.81 bits per heavy atom. The molecule has 2 aromatic carbocycles. The van der Waals surface area contributed by atoms with E-state index in [1.807, 2.05) is 6.07 Å². The first-order valence-electron chi connectivity index (χ1n) is 9.81. The molecular weight excluding hydrogens is 475 g/mol. The summed E-state index contributed by atoms with van der Waals surface area (Å²) in [5.41, 5.74) is 2.93. The van der Waals surface area contributed by atoms with Gasteiger partial charge in [-0.1, -0.05) is 40.9 Å². The lowest BCUT2D eigenvalue weighted by Gasteiger charge is -2.22. The zero-order valence-corrected chi connectivity index (χ0v) is 19.8. The van der Waals surface area contributed by atoms with Crippen molar-refractivity contribution < 1.29 is 9.59 Å². The molecule has 2 amide bonds. The summed E-state index contributed by atoms with van der Waals surface area (Å²) in [6.45, 7) is 2.40. The van der Waals surface area contributed by atoms with Crippen molar-refractivity contribution in [3.05, 3.63) is 78.4 Å². The summed E-state index contributed by atoms with van der Waals surface area (Å²) in [6, 6.07) is 11.9. The fourth-order valence-corrected chi connectivity index (χ4v) is 5.39. The topological polar surface area (TPSA) is 49.4 Å². The highest BCUT2D eigenvalue weighted by atomic mass is 35.5. The average Bonchev–Trinajstić information content (AvgIpc) is 2.98. The number of fused-ring (bicyclic) bond motifs is 1. The van der Waals surface area contributed by atoms with Gasteiger partial charge in [0.1, 0.15) is 0 Å². The molecule has 0 bridgehead atoms. The van der Waals surface area contributed by atoms with E-state index in [1.165, 1.54) is 11.3 Å². The number of hydrogen-bond acceptors (Lipinski definition) is 3. The number of nitrogens with zero attached hydrogens (tertiary/aromatic N) is 1. The van der Waals surface area contributed by atoms with Gasteiger partial charge in [0.15, 0.2) is 0 Å². The highest BCUT2D eigenvalue weighted by Gasteiger charge is 2.26. The molecule has 0 saturated heterocycles. The molecule has 160 valence electrons. The maximum absolute atomic E-state index is 13.3. The molecule has 1 aliphatic heterocycles. The smallest absolute Gasteiger partial charge is 0.259 e. The predicted octanol–water partition coefficient (Wildman–Crippen LogP) is 7.25. The molecule has 0 spiro atoms. The zero-order chi connectivity index (χ0) is 22.1. The van der Waals surface area contributed by atoms with Crippen LogP contribution in [0.3, 0.4) is 0 Å². The van der Waals surface area contributed by atoms with Gasteiger partial charge in [0.05, 0.1) is 20.6 Å². The fourth-order valence-electron chi connectivity index (χ4n) is 3.65. The molecule has 1 aliphatic rings. The first-order chi connectivity index (χ1) is 14.8. The standard InChI is InChI=1S/C23H19Cl3N2O2S/c1-13-15(5-4-6-17(13)24)22(29)27-14-8-9-16(18(25)11-14)23(30)28-10-3-2-7-20-19(28)12-21(26)31-20/h4-6,8-9,11-12H,2-3,7,10H2,1H3,(H,27,29). The van der Waals surface area contributed by atoms with Crippen LogP contribution in [0.5, 0.6) is 0 Å². The van der Waals surface area contributed by atoms with Gasteiger partial charge in [0, 0.05) is 27.7 Å². The van der Waals surface area contributed by atoms with Gasteiger partial charge in [0.2, 0.25) is 0 Å². The second-order valence-electron chi connectivity index (χ2n) is 7.33. The van der Waals surface area contributed by atoms with Crippen molar-refractivity contribution in [2.45, 2.75) is 26.2 Å². The zero-order valence-electron chi connectivity index (χ0n) is 16.7. The number of carbonyl (C=O) groups is 2. The summed E-state index contributed by atoms with van der Waals surface area (Å²) in [4.78, 5) is 28.8. The molecule has 0 aliphatic carbocycles. The molecule has 31 heavy (non-hydrogen) atoms. The summed E-state index contributed by atoms with van der Waals surface area (Å²) in [5, 5.41) is 3.62. The monoisotopic (exact) mass is 492 g/mol. The first kappa shape index (κ1) is 22.2. The van der Waals surface area contributed by atoms with Gasteiger partial charge in [-0.2, -0.15) is 0 Å². The molecule has 2 heterocycles. The number of aryl methyl sites for hydroxylation is 1. The van der Waals surface area contributed by atoms with Crippen LogP contribution in [0.2, 0.25) is 14.4 Å². The minimum Gasteiger partial charge on any atom is -0.322 e. The molecule has 8 heteroatoms. The third-order valence-electron chi connectivity index (χ3n) is 5.30. The number of anilines is 2. The van der Waals surface area contributed by atoms with Crippen LogP contribution in [-0.2, 0) is 6.42 Å². The predicted molar refractivity (Wildman–Crippen MR) is 130 cm³/mol. The van der Waals surface area contributed by atoms with E-state index < -0.39 is 0 Å². The van der Waals surface area contributed by atoms with E-state index in [1.54, 1.807) is 48.2 Å². The summed E-state index contributed by atoms with van der Waals surface area (Å²) in [7, 11) is 0. The Morgan fingerprint density at radius 1 is 1.00 bits per heavy atom. The molecule has 1 aromatic heterocycles. The summed E-state index contributed by atoms with van der Waals surface area (Å²) < 4.78 is 0.671. The largest absolute Gasteiger partial charge is 0.322 e. The van der Waals surface area contributed by atoms with Crippen LogP contribution < -0.4 is 10.2 Å². The molecule has 4 rings (SSSR count). The third kappa shape index (κ3) is 4.60. The molecule has 0 atom stereocenters. The average molecular weight is 494 g/mol. The van der Waals surface area contributed by atoms with Gasteiger partial charge < -0.3 is 10.2 Å². The van der Waals surface area contributed by atoms with Crippen molar-refractivity contribution in [3.8, 4) is 0 Å². The van der Waals surface area contributed by atoms with Crippen LogP contribution in [0.4, 0.5) is 11.4 Å². The number of halogens is 3. The maximum Gasteiger partial charge on any atom is 0.259 e. The second kappa shape index (κ2) is 9.21. The van der Waals surface area contributed by atoms with E-state index in [0.29, 0.717) is 38.3 Å². The van der Waals surface area contributed by atoms with Crippen molar-refractivity contribution in [2.75, 3.05) is 16.8 Å². The van der Waals surface area contributed by atoms with E-state index in [9.17, 15) is 9.59 Å². The van der Waals surface area contributed by atoms with Crippen LogP contribution in [0.1, 0.15) is 44.0 Å². The summed E-state index contributed by atoms with van der Waals surface area (Å²) in [5.74, 6) is -0.466. The van der Waals surface area contributed by atoms with Gasteiger partial charge in [-0.25, -0.2) is 0 Å². The van der Waals surface area contributed by atoms with E-state index >= 15 is 0 Å². The molecule has 0 fully saturated rings. The molecule has 0 radical (unpaired) electrons. The van der Waals surface area contributed by atoms with Crippen molar-refractivity contribution in [1.29, 1.82) is 0 Å². The number of hydrogen-bond donors (Lipinski definition) is 1. The Morgan fingerprint density at radius 3 is 2.58 bits per heavy atom. The highest BCUT2D eigenvalue weighted by molar-refractivity contribution is 7.16. The highest BCUT2D eigenvalue weighted by Crippen LogP contribution is 2.38. The fraction of sp³-hybridized carbons (Fsp3) is 0.217. The van der Waals surface area contributed by atoms with Crippen LogP contribution >= 0.6 is 46.1 Å². The lowest BCUT2D eigenvalue weighted by molar-refractivity contribution is 0.0986. The number of rotatable bonds is 3. The lowest BCUT2D eigenvalue weighted by atomic mass is 10.1. The van der Waals surface area contributed by atoms with Gasteiger partial charge >= 0.3 is 0 Å². The Balaban J connectivity index is 1.57. The molecule has 0 unspecified atom stereocenters. The van der Waals surface area contributed by atoms with E-state index in [0.717, 1.165) is 29.8 Å². The van der Waals surface area contributed by atoms with Crippen LogP contribution in [0, 0.1) is 6.92 Å². The molecular formula is C23H19Cl3N2O2S. The number of thiophene rings is 1. The van der Waals surface area contributed by atoms with Crippen LogP contribution in [-0.4, -0.2) is 18.4 Å². The van der Waals surface area contributed by atoms with Gasteiger partial charge in [-0.15, -0.1) is 11.3 Å². The van der Waals surface area contributed by atoms with E-state index in [-0.39, 0.29) is 16.8 Å². The summed E-state index contributed by atoms with van der Waals surface area (Å²) >= 11 is 20.3. The Bertz CT molecular complexity index is 1180. The van der Waals surface area contributed by atoms with Gasteiger partial charge in [0.25, 0.3) is 11.8 Å². The Kier molecular flexibility index (Phi) is 6.58.